The lowest BCUT2D eigenvalue weighted by Crippen LogP contribution is -2.87. The predicted octanol–water partition coefficient (Wildman–Crippen LogP) is 3.58. The number of methoxy groups -OCH3 is 1. The SMILES string of the molecule is CCOc1ccccc1NC(=O)[C@@H]([NH2+]CCc1ccc(OC)cc1)c1ccccc1. The largest absolute Gasteiger partial charge is 0.497 e. The van der Waals surface area contributed by atoms with Crippen molar-refractivity contribution in [2.45, 2.75) is 19.4 Å². The third kappa shape index (κ3) is 5.84. The number of carbonyl (C=O) groups excluding carboxylic acids is 1. The predicted molar refractivity (Wildman–Crippen MR) is 119 cm³/mol. The number of hydrogen-bond acceptors (Lipinski definition) is 3. The number of anilines is 1. The lowest BCUT2D eigenvalue weighted by molar-refractivity contribution is -0.682. The van der Waals surface area contributed by atoms with Crippen LogP contribution in [0.3, 0.4) is 0 Å². The van der Waals surface area contributed by atoms with Crippen LogP contribution in [-0.4, -0.2) is 26.2 Å². The van der Waals surface area contributed by atoms with Crippen molar-refractivity contribution in [2.75, 3.05) is 25.6 Å². The minimum Gasteiger partial charge on any atom is -0.497 e. The van der Waals surface area contributed by atoms with Crippen LogP contribution in [0.15, 0.2) is 78.9 Å². The topological polar surface area (TPSA) is 64.2 Å². The van der Waals surface area contributed by atoms with Gasteiger partial charge in [-0.05, 0) is 36.8 Å². The molecule has 0 saturated heterocycles. The second-order valence-electron chi connectivity index (χ2n) is 6.93. The first-order chi connectivity index (χ1) is 14.7. The summed E-state index contributed by atoms with van der Waals surface area (Å²) in [6, 6.07) is 25.1. The second kappa shape index (κ2) is 11.0. The summed E-state index contributed by atoms with van der Waals surface area (Å²) in [4.78, 5) is 13.2. The summed E-state index contributed by atoms with van der Waals surface area (Å²) >= 11 is 0. The molecule has 3 aromatic carbocycles. The van der Waals surface area contributed by atoms with Gasteiger partial charge in [-0.1, -0.05) is 54.6 Å². The zero-order valence-corrected chi connectivity index (χ0v) is 17.5. The van der Waals surface area contributed by atoms with Crippen molar-refractivity contribution < 1.29 is 19.6 Å². The maximum absolute atomic E-state index is 13.2. The maximum Gasteiger partial charge on any atom is 0.287 e. The first-order valence-corrected chi connectivity index (χ1v) is 10.2. The maximum atomic E-state index is 13.2. The summed E-state index contributed by atoms with van der Waals surface area (Å²) in [5.41, 5.74) is 2.87. The fourth-order valence-corrected chi connectivity index (χ4v) is 3.33. The van der Waals surface area contributed by atoms with Gasteiger partial charge in [-0.3, -0.25) is 4.79 Å². The Morgan fingerprint density at radius 2 is 1.67 bits per heavy atom. The van der Waals surface area contributed by atoms with Gasteiger partial charge in [0.1, 0.15) is 11.5 Å². The molecule has 5 heteroatoms. The van der Waals surface area contributed by atoms with Crippen LogP contribution in [0.4, 0.5) is 5.69 Å². The van der Waals surface area contributed by atoms with Crippen molar-refractivity contribution in [3.63, 3.8) is 0 Å². The number of rotatable bonds is 10. The van der Waals surface area contributed by atoms with Crippen molar-refractivity contribution in [3.8, 4) is 11.5 Å². The highest BCUT2D eigenvalue weighted by atomic mass is 16.5. The quantitative estimate of drug-likeness (QED) is 0.542. The van der Waals surface area contributed by atoms with E-state index in [1.165, 1.54) is 5.56 Å². The van der Waals surface area contributed by atoms with Gasteiger partial charge in [0.2, 0.25) is 0 Å². The van der Waals surface area contributed by atoms with E-state index in [0.717, 1.165) is 24.3 Å². The molecule has 3 aromatic rings. The van der Waals surface area contributed by atoms with Crippen LogP contribution in [-0.2, 0) is 11.2 Å². The van der Waals surface area contributed by atoms with E-state index in [4.69, 9.17) is 9.47 Å². The number of nitrogens with one attached hydrogen (secondary N) is 1. The highest BCUT2D eigenvalue weighted by molar-refractivity contribution is 5.95. The third-order valence-electron chi connectivity index (χ3n) is 4.88. The number of benzene rings is 3. The van der Waals surface area contributed by atoms with E-state index in [1.54, 1.807) is 7.11 Å². The second-order valence-corrected chi connectivity index (χ2v) is 6.93. The Labute approximate surface area is 178 Å². The van der Waals surface area contributed by atoms with Gasteiger partial charge in [-0.25, -0.2) is 0 Å². The minimum atomic E-state index is -0.348. The summed E-state index contributed by atoms with van der Waals surface area (Å²) in [5, 5.41) is 5.13. The van der Waals surface area contributed by atoms with E-state index in [1.807, 2.05) is 73.7 Å². The molecule has 1 atom stereocenters. The number of hydrogen-bond donors (Lipinski definition) is 2. The zero-order chi connectivity index (χ0) is 21.2. The van der Waals surface area contributed by atoms with Crippen LogP contribution in [0.5, 0.6) is 11.5 Å². The first-order valence-electron chi connectivity index (χ1n) is 10.2. The molecule has 30 heavy (non-hydrogen) atoms. The van der Waals surface area contributed by atoms with Gasteiger partial charge in [-0.15, -0.1) is 0 Å². The van der Waals surface area contributed by atoms with Gasteiger partial charge in [0.25, 0.3) is 5.91 Å². The van der Waals surface area contributed by atoms with Crippen LogP contribution < -0.4 is 20.1 Å². The molecule has 0 aliphatic heterocycles. The molecule has 0 heterocycles. The van der Waals surface area contributed by atoms with Crippen molar-refractivity contribution >= 4 is 11.6 Å². The van der Waals surface area contributed by atoms with Crippen LogP contribution in [0.2, 0.25) is 0 Å². The lowest BCUT2D eigenvalue weighted by atomic mass is 10.1. The molecule has 3 rings (SSSR count). The van der Waals surface area contributed by atoms with E-state index >= 15 is 0 Å². The number of nitrogens with two attached hydrogens (primary N) is 1. The third-order valence-corrected chi connectivity index (χ3v) is 4.88. The molecule has 0 spiro atoms. The van der Waals surface area contributed by atoms with Gasteiger partial charge in [0, 0.05) is 12.0 Å². The van der Waals surface area contributed by atoms with Crippen molar-refractivity contribution in [2.24, 2.45) is 0 Å². The van der Waals surface area contributed by atoms with Gasteiger partial charge in [-0.2, -0.15) is 0 Å². The van der Waals surface area contributed by atoms with Crippen LogP contribution in [0.25, 0.3) is 0 Å². The number of para-hydroxylation sites is 2. The molecule has 0 radical (unpaired) electrons. The summed E-state index contributed by atoms with van der Waals surface area (Å²) in [7, 11) is 1.66. The summed E-state index contributed by atoms with van der Waals surface area (Å²) in [6.07, 6.45) is 0.857. The molecule has 0 unspecified atom stereocenters. The first kappa shape index (κ1) is 21.4. The molecule has 0 bridgehead atoms. The Hall–Kier alpha value is -3.31. The van der Waals surface area contributed by atoms with Crippen LogP contribution >= 0.6 is 0 Å². The fraction of sp³-hybridized carbons (Fsp3) is 0.240. The van der Waals surface area contributed by atoms with E-state index < -0.39 is 0 Å². The van der Waals surface area contributed by atoms with E-state index in [2.05, 4.69) is 22.8 Å². The van der Waals surface area contributed by atoms with Crippen LogP contribution in [0, 0.1) is 0 Å². The Balaban J connectivity index is 1.70. The normalized spacial score (nSPS) is 11.5. The van der Waals surface area contributed by atoms with E-state index in [9.17, 15) is 4.79 Å². The molecule has 0 fully saturated rings. The monoisotopic (exact) mass is 405 g/mol. The average molecular weight is 406 g/mol. The average Bonchev–Trinajstić information content (AvgIpc) is 2.79. The Kier molecular flexibility index (Phi) is 7.86. The molecule has 0 aliphatic carbocycles. The molecule has 3 N–H and O–H groups in total. The van der Waals surface area contributed by atoms with Crippen molar-refractivity contribution in [1.82, 2.24) is 0 Å². The number of ether oxygens (including phenoxy) is 2. The van der Waals surface area contributed by atoms with Gasteiger partial charge in [0.05, 0.1) is 25.9 Å². The van der Waals surface area contributed by atoms with Crippen molar-refractivity contribution in [1.29, 1.82) is 0 Å². The molecule has 0 aromatic heterocycles. The van der Waals surface area contributed by atoms with E-state index in [0.29, 0.717) is 18.0 Å². The molecule has 156 valence electrons. The molecule has 5 nitrogen and oxygen atoms in total. The summed E-state index contributed by atoms with van der Waals surface area (Å²) in [5.74, 6) is 1.46. The number of carbonyl (C=O) groups is 1. The smallest absolute Gasteiger partial charge is 0.287 e. The highest BCUT2D eigenvalue weighted by Gasteiger charge is 2.24. The standard InChI is InChI=1S/C25H28N2O3/c1-3-30-23-12-8-7-11-22(23)27-25(28)24(20-9-5-4-6-10-20)26-18-17-19-13-15-21(29-2)16-14-19/h4-16,24,26H,3,17-18H2,1-2H3,(H,27,28)/p+1/t24-/m0/s1. The van der Waals surface area contributed by atoms with Crippen LogP contribution in [0.1, 0.15) is 24.1 Å². The van der Waals surface area contributed by atoms with Gasteiger partial charge < -0.3 is 20.1 Å². The van der Waals surface area contributed by atoms with Gasteiger partial charge >= 0.3 is 0 Å². The van der Waals surface area contributed by atoms with E-state index in [-0.39, 0.29) is 11.9 Å². The Bertz CT molecular complexity index is 927. The summed E-state index contributed by atoms with van der Waals surface area (Å²) < 4.78 is 10.9. The molecule has 0 aliphatic rings. The Morgan fingerprint density at radius 1 is 0.967 bits per heavy atom. The fourth-order valence-electron chi connectivity index (χ4n) is 3.33. The molecule has 1 amide bonds. The Morgan fingerprint density at radius 3 is 2.37 bits per heavy atom. The van der Waals surface area contributed by atoms with Crippen molar-refractivity contribution in [3.05, 3.63) is 90.0 Å². The molecular weight excluding hydrogens is 376 g/mol. The number of amides is 1. The highest BCUT2D eigenvalue weighted by Crippen LogP contribution is 2.24. The zero-order valence-electron chi connectivity index (χ0n) is 17.5. The molecular formula is C25H29N2O3+. The minimum absolute atomic E-state index is 0.0666. The van der Waals surface area contributed by atoms with Gasteiger partial charge in [0.15, 0.2) is 6.04 Å². The lowest BCUT2D eigenvalue weighted by Gasteiger charge is -2.17. The summed E-state index contributed by atoms with van der Waals surface area (Å²) in [6.45, 7) is 3.26. The number of quaternary nitrogens is 1. The molecule has 0 saturated carbocycles.